The topological polar surface area (TPSA) is 34.4 Å². The second-order valence-electron chi connectivity index (χ2n) is 5.08. The molecule has 0 amide bonds. The maximum Gasteiger partial charge on any atom is 0.188 e. The van der Waals surface area contributed by atoms with Crippen LogP contribution < -0.4 is 0 Å². The number of aromatic nitrogens is 2. The van der Waals surface area contributed by atoms with Crippen LogP contribution in [0.15, 0.2) is 24.4 Å². The summed E-state index contributed by atoms with van der Waals surface area (Å²) in [5, 5.41) is 4.35. The second-order valence-corrected chi connectivity index (χ2v) is 5.08. The molecule has 0 spiro atoms. The van der Waals surface area contributed by atoms with E-state index in [1.165, 1.54) is 0 Å². The lowest BCUT2D eigenvalue weighted by Gasteiger charge is -2.14. The molecular weight excluding hydrogens is 200 g/mol. The zero-order valence-corrected chi connectivity index (χ0v) is 10.1. The average molecular weight is 216 g/mol. The smallest absolute Gasteiger partial charge is 0.188 e. The summed E-state index contributed by atoms with van der Waals surface area (Å²) in [6, 6.07) is 5.84. The number of nitrogens with zero attached hydrogens (tertiary/aromatic N) is 2. The van der Waals surface area contributed by atoms with Crippen molar-refractivity contribution in [1.29, 1.82) is 0 Å². The highest BCUT2D eigenvalue weighted by Crippen LogP contribution is 2.24. The number of aryl methyl sites for hydroxylation is 1. The van der Waals surface area contributed by atoms with Gasteiger partial charge in [0.05, 0.1) is 5.52 Å². The van der Waals surface area contributed by atoms with Crippen LogP contribution in [0, 0.1) is 12.3 Å². The van der Waals surface area contributed by atoms with Gasteiger partial charge < -0.3 is 0 Å². The Morgan fingerprint density at radius 3 is 2.56 bits per heavy atom. The fourth-order valence-corrected chi connectivity index (χ4v) is 1.69. The summed E-state index contributed by atoms with van der Waals surface area (Å²) in [5.41, 5.74) is 2.15. The summed E-state index contributed by atoms with van der Waals surface area (Å²) >= 11 is 0. The fourth-order valence-electron chi connectivity index (χ4n) is 1.69. The Bertz CT molecular complexity index is 547. The molecule has 3 heteroatoms. The van der Waals surface area contributed by atoms with Crippen molar-refractivity contribution in [3.8, 4) is 0 Å². The van der Waals surface area contributed by atoms with Gasteiger partial charge in [0.15, 0.2) is 5.78 Å². The van der Waals surface area contributed by atoms with Gasteiger partial charge in [0, 0.05) is 17.2 Å². The monoisotopic (exact) mass is 216 g/mol. The molecule has 0 unspecified atom stereocenters. The first-order chi connectivity index (χ1) is 7.41. The number of fused-ring (bicyclic) bond motifs is 1. The van der Waals surface area contributed by atoms with Gasteiger partial charge in [-0.25, -0.2) is 4.52 Å². The van der Waals surface area contributed by atoms with E-state index in [9.17, 15) is 4.79 Å². The Balaban J connectivity index is 2.63. The number of Topliss-reactive ketones (excluding diaryl/α,β-unsaturated/α-hetero) is 1. The molecule has 2 aromatic heterocycles. The van der Waals surface area contributed by atoms with Crippen LogP contribution in [0.25, 0.3) is 5.52 Å². The zero-order chi connectivity index (χ0) is 11.9. The first kappa shape index (κ1) is 10.9. The van der Waals surface area contributed by atoms with E-state index in [4.69, 9.17) is 0 Å². The van der Waals surface area contributed by atoms with E-state index in [0.29, 0.717) is 5.69 Å². The number of pyridine rings is 1. The molecule has 2 aromatic rings. The largest absolute Gasteiger partial charge is 0.292 e. The first-order valence-corrected chi connectivity index (χ1v) is 5.40. The van der Waals surface area contributed by atoms with Crippen molar-refractivity contribution in [3.63, 3.8) is 0 Å². The lowest BCUT2D eigenvalue weighted by molar-refractivity contribution is 0.0852. The molecule has 0 atom stereocenters. The molecule has 0 saturated carbocycles. The molecule has 0 radical (unpaired) electrons. The van der Waals surface area contributed by atoms with Crippen LogP contribution in [0.5, 0.6) is 0 Å². The van der Waals surface area contributed by atoms with Crippen LogP contribution in [0.3, 0.4) is 0 Å². The summed E-state index contributed by atoms with van der Waals surface area (Å²) < 4.78 is 1.76. The number of ketones is 1. The molecule has 0 aliphatic heterocycles. The molecule has 2 rings (SSSR count). The third kappa shape index (κ3) is 1.62. The highest BCUT2D eigenvalue weighted by molar-refractivity contribution is 6.00. The molecule has 2 heterocycles. The molecule has 0 fully saturated rings. The lowest BCUT2D eigenvalue weighted by Crippen LogP contribution is -2.21. The van der Waals surface area contributed by atoms with Gasteiger partial charge in [0.2, 0.25) is 0 Å². The van der Waals surface area contributed by atoms with Crippen molar-refractivity contribution in [2.45, 2.75) is 27.7 Å². The quantitative estimate of drug-likeness (QED) is 0.687. The molecule has 0 N–H and O–H groups in total. The summed E-state index contributed by atoms with van der Waals surface area (Å²) in [7, 11) is 0. The Morgan fingerprint density at radius 2 is 2.00 bits per heavy atom. The Labute approximate surface area is 95.1 Å². The lowest BCUT2D eigenvalue weighted by atomic mass is 9.88. The van der Waals surface area contributed by atoms with Gasteiger partial charge in [-0.1, -0.05) is 26.8 Å². The second kappa shape index (κ2) is 3.44. The zero-order valence-electron chi connectivity index (χ0n) is 10.1. The van der Waals surface area contributed by atoms with Crippen LogP contribution in [-0.2, 0) is 0 Å². The molecule has 0 aromatic carbocycles. The minimum atomic E-state index is -0.386. The molecule has 0 aliphatic rings. The third-order valence-electron chi connectivity index (χ3n) is 2.68. The Hall–Kier alpha value is -1.64. The van der Waals surface area contributed by atoms with Gasteiger partial charge in [-0.3, -0.25) is 4.79 Å². The van der Waals surface area contributed by atoms with E-state index in [0.717, 1.165) is 11.1 Å². The predicted octanol–water partition coefficient (Wildman–Crippen LogP) is 2.87. The van der Waals surface area contributed by atoms with Gasteiger partial charge in [0.25, 0.3) is 0 Å². The van der Waals surface area contributed by atoms with Crippen molar-refractivity contribution >= 4 is 11.3 Å². The summed E-state index contributed by atoms with van der Waals surface area (Å²) in [5.74, 6) is 0.0914. The number of hydrogen-bond acceptors (Lipinski definition) is 2. The summed E-state index contributed by atoms with van der Waals surface area (Å²) in [4.78, 5) is 12.2. The van der Waals surface area contributed by atoms with E-state index >= 15 is 0 Å². The van der Waals surface area contributed by atoms with E-state index in [-0.39, 0.29) is 11.2 Å². The summed E-state index contributed by atoms with van der Waals surface area (Å²) in [6.07, 6.45) is 1.86. The average Bonchev–Trinajstić information content (AvgIpc) is 2.54. The van der Waals surface area contributed by atoms with E-state index in [1.54, 1.807) is 4.52 Å². The van der Waals surface area contributed by atoms with Crippen molar-refractivity contribution in [3.05, 3.63) is 35.7 Å². The third-order valence-corrected chi connectivity index (χ3v) is 2.68. The van der Waals surface area contributed by atoms with Crippen LogP contribution in [0.4, 0.5) is 0 Å². The molecule has 16 heavy (non-hydrogen) atoms. The molecule has 3 nitrogen and oxygen atoms in total. The fraction of sp³-hybridized carbons (Fsp3) is 0.385. The normalized spacial score (nSPS) is 12.0. The van der Waals surface area contributed by atoms with Crippen molar-refractivity contribution in [1.82, 2.24) is 9.61 Å². The van der Waals surface area contributed by atoms with Gasteiger partial charge in [-0.2, -0.15) is 5.10 Å². The maximum absolute atomic E-state index is 12.2. The number of rotatable bonds is 1. The molecule has 0 bridgehead atoms. The highest BCUT2D eigenvalue weighted by Gasteiger charge is 2.27. The first-order valence-electron chi connectivity index (χ1n) is 5.40. The van der Waals surface area contributed by atoms with Gasteiger partial charge in [-0.05, 0) is 19.1 Å². The number of hydrogen-bond donors (Lipinski definition) is 0. The van der Waals surface area contributed by atoms with Gasteiger partial charge >= 0.3 is 0 Å². The van der Waals surface area contributed by atoms with Gasteiger partial charge in [-0.15, -0.1) is 0 Å². The van der Waals surface area contributed by atoms with E-state index < -0.39 is 0 Å². The number of carbonyl (C=O) groups excluding carboxylic acids is 1. The SMILES string of the molecule is Cc1c(C(=O)C(C)(C)C)nn2ccccc12. The van der Waals surface area contributed by atoms with Crippen molar-refractivity contribution in [2.24, 2.45) is 5.41 Å². The van der Waals surface area contributed by atoms with E-state index in [2.05, 4.69) is 5.10 Å². The van der Waals surface area contributed by atoms with Crippen LogP contribution >= 0.6 is 0 Å². The summed E-state index contributed by atoms with van der Waals surface area (Å²) in [6.45, 7) is 7.69. The van der Waals surface area contributed by atoms with Crippen molar-refractivity contribution in [2.75, 3.05) is 0 Å². The minimum Gasteiger partial charge on any atom is -0.292 e. The van der Waals surface area contributed by atoms with Crippen molar-refractivity contribution < 1.29 is 4.79 Å². The molecule has 84 valence electrons. The molecule has 0 aliphatic carbocycles. The Kier molecular flexibility index (Phi) is 2.34. The number of carbonyl (C=O) groups is 1. The molecule has 0 saturated heterocycles. The molecular formula is C13H16N2O. The van der Waals surface area contributed by atoms with Crippen LogP contribution in [0.2, 0.25) is 0 Å². The standard InChI is InChI=1S/C13H16N2O/c1-9-10-7-5-6-8-15(10)14-11(9)12(16)13(2,3)4/h5-8H,1-4H3. The minimum absolute atomic E-state index is 0.0914. The Morgan fingerprint density at radius 1 is 1.31 bits per heavy atom. The van der Waals surface area contributed by atoms with Crippen LogP contribution in [0.1, 0.15) is 36.8 Å². The predicted molar refractivity (Wildman–Crippen MR) is 63.7 cm³/mol. The maximum atomic E-state index is 12.2. The van der Waals surface area contributed by atoms with Crippen LogP contribution in [-0.4, -0.2) is 15.4 Å². The van der Waals surface area contributed by atoms with E-state index in [1.807, 2.05) is 52.1 Å². The highest BCUT2D eigenvalue weighted by atomic mass is 16.1. The van der Waals surface area contributed by atoms with Gasteiger partial charge in [0.1, 0.15) is 5.69 Å².